The molecule has 0 radical (unpaired) electrons. The Hall–Kier alpha value is -3.74. The van der Waals surface area contributed by atoms with Gasteiger partial charge in [-0.3, -0.25) is 0 Å². The van der Waals surface area contributed by atoms with Gasteiger partial charge in [-0.1, -0.05) is 0 Å². The third kappa shape index (κ3) is 5.34. The summed E-state index contributed by atoms with van der Waals surface area (Å²) in [5, 5.41) is 22.6. The first-order chi connectivity index (χ1) is 17.2. The van der Waals surface area contributed by atoms with Gasteiger partial charge in [-0.15, -0.1) is 0 Å². The molecule has 2 aliphatic rings. The molecule has 0 aliphatic carbocycles. The van der Waals surface area contributed by atoms with Crippen molar-refractivity contribution in [3.8, 4) is 23.1 Å². The number of nitriles is 1. The Balaban J connectivity index is 1.33. The Morgan fingerprint density at radius 1 is 1.11 bits per heavy atom. The zero-order chi connectivity index (χ0) is 24.0. The standard InChI is InChI=1S/C26H28N6O3/c27-16-19-14-18(3-4-24(19)35-22-7-12-34-13-8-22)23-6-10-29-26(31-23)30-20-5-9-28-25(15-20)32-11-1-2-21(32)17-33/h3-6,9-10,14-15,21-22,33H,1-2,7-8,11-13,17H2,(H,28,29,30,31). The minimum absolute atomic E-state index is 0.0648. The van der Waals surface area contributed by atoms with Gasteiger partial charge in [0.25, 0.3) is 0 Å². The van der Waals surface area contributed by atoms with E-state index in [0.717, 1.165) is 49.3 Å². The van der Waals surface area contributed by atoms with Gasteiger partial charge >= 0.3 is 0 Å². The molecule has 180 valence electrons. The number of ether oxygens (including phenoxy) is 2. The highest BCUT2D eigenvalue weighted by Gasteiger charge is 2.25. The van der Waals surface area contributed by atoms with E-state index in [1.165, 1.54) is 0 Å². The molecule has 0 spiro atoms. The predicted octanol–water partition coefficient (Wildman–Crippen LogP) is 3.67. The molecule has 9 heteroatoms. The zero-order valence-corrected chi connectivity index (χ0v) is 19.4. The van der Waals surface area contributed by atoms with Gasteiger partial charge in [0.15, 0.2) is 0 Å². The van der Waals surface area contributed by atoms with Crippen molar-refractivity contribution >= 4 is 17.5 Å². The average Bonchev–Trinajstić information content (AvgIpc) is 3.39. The molecule has 1 atom stereocenters. The summed E-state index contributed by atoms with van der Waals surface area (Å²) >= 11 is 0. The van der Waals surface area contributed by atoms with Crippen LogP contribution in [0.15, 0.2) is 48.8 Å². The summed E-state index contributed by atoms with van der Waals surface area (Å²) in [4.78, 5) is 15.6. The number of benzene rings is 1. The maximum absolute atomic E-state index is 9.70. The van der Waals surface area contributed by atoms with Crippen molar-refractivity contribution in [2.75, 3.05) is 36.6 Å². The predicted molar refractivity (Wildman–Crippen MR) is 132 cm³/mol. The van der Waals surface area contributed by atoms with Gasteiger partial charge in [0.05, 0.1) is 37.1 Å². The minimum atomic E-state index is 0.0648. The first-order valence-corrected chi connectivity index (χ1v) is 12.0. The van der Waals surface area contributed by atoms with E-state index in [0.29, 0.717) is 36.2 Å². The van der Waals surface area contributed by atoms with Gasteiger partial charge in [-0.2, -0.15) is 5.26 Å². The Bertz CT molecular complexity index is 1210. The van der Waals surface area contributed by atoms with Crippen LogP contribution in [0.5, 0.6) is 5.75 Å². The van der Waals surface area contributed by atoms with E-state index in [-0.39, 0.29) is 18.8 Å². The Kier molecular flexibility index (Phi) is 7.02. The number of hydrogen-bond donors (Lipinski definition) is 2. The fraction of sp³-hybridized carbons (Fsp3) is 0.385. The van der Waals surface area contributed by atoms with Gasteiger partial charge < -0.3 is 24.8 Å². The molecule has 3 aromatic rings. The molecular formula is C26H28N6O3. The molecule has 0 bridgehead atoms. The van der Waals surface area contributed by atoms with Gasteiger partial charge in [0.1, 0.15) is 23.7 Å². The lowest BCUT2D eigenvalue weighted by Crippen LogP contribution is -2.32. The normalized spacial score (nSPS) is 18.3. The summed E-state index contributed by atoms with van der Waals surface area (Å²) in [6, 6.07) is 13.5. The van der Waals surface area contributed by atoms with Crippen LogP contribution >= 0.6 is 0 Å². The van der Waals surface area contributed by atoms with Crippen LogP contribution < -0.4 is 15.0 Å². The quantitative estimate of drug-likeness (QED) is 0.531. The number of nitrogens with one attached hydrogen (secondary N) is 1. The van der Waals surface area contributed by atoms with E-state index in [4.69, 9.17) is 9.47 Å². The average molecular weight is 473 g/mol. The SMILES string of the molecule is N#Cc1cc(-c2ccnc(Nc3ccnc(N4CCCC4CO)c3)n2)ccc1OC1CCOCC1. The minimum Gasteiger partial charge on any atom is -0.489 e. The Morgan fingerprint density at radius 3 is 2.80 bits per heavy atom. The molecule has 2 aromatic heterocycles. The van der Waals surface area contributed by atoms with Crippen LogP contribution in [0.4, 0.5) is 17.5 Å². The lowest BCUT2D eigenvalue weighted by molar-refractivity contribution is 0.0254. The third-order valence-electron chi connectivity index (χ3n) is 6.40. The van der Waals surface area contributed by atoms with E-state index in [1.807, 2.05) is 30.3 Å². The highest BCUT2D eigenvalue weighted by atomic mass is 16.5. The molecule has 2 fully saturated rings. The number of aliphatic hydroxyl groups excluding tert-OH is 1. The topological polar surface area (TPSA) is 116 Å². The Morgan fingerprint density at radius 2 is 1.97 bits per heavy atom. The number of hydrogen-bond acceptors (Lipinski definition) is 9. The molecule has 0 amide bonds. The second-order valence-electron chi connectivity index (χ2n) is 8.72. The van der Waals surface area contributed by atoms with Crippen LogP contribution in [0.2, 0.25) is 0 Å². The van der Waals surface area contributed by atoms with Gasteiger partial charge in [0.2, 0.25) is 5.95 Å². The second-order valence-corrected chi connectivity index (χ2v) is 8.72. The summed E-state index contributed by atoms with van der Waals surface area (Å²) in [5.41, 5.74) is 2.80. The number of nitrogens with zero attached hydrogens (tertiary/aromatic N) is 5. The van der Waals surface area contributed by atoms with Crippen LogP contribution in [0.25, 0.3) is 11.3 Å². The van der Waals surface area contributed by atoms with E-state index in [2.05, 4.69) is 31.2 Å². The maximum atomic E-state index is 9.70. The van der Waals surface area contributed by atoms with Gasteiger partial charge in [-0.25, -0.2) is 15.0 Å². The van der Waals surface area contributed by atoms with Gasteiger partial charge in [-0.05, 0) is 43.2 Å². The van der Waals surface area contributed by atoms with Crippen molar-refractivity contribution in [1.29, 1.82) is 5.26 Å². The second kappa shape index (κ2) is 10.7. The molecule has 2 saturated heterocycles. The summed E-state index contributed by atoms with van der Waals surface area (Å²) in [6.45, 7) is 2.36. The van der Waals surface area contributed by atoms with Crippen molar-refractivity contribution in [2.45, 2.75) is 37.8 Å². The zero-order valence-electron chi connectivity index (χ0n) is 19.4. The van der Waals surface area contributed by atoms with Crippen LogP contribution in [-0.4, -0.2) is 58.6 Å². The fourth-order valence-electron chi connectivity index (χ4n) is 4.54. The molecule has 0 saturated carbocycles. The number of pyridine rings is 1. The van der Waals surface area contributed by atoms with Crippen molar-refractivity contribution < 1.29 is 14.6 Å². The molecule has 9 nitrogen and oxygen atoms in total. The molecule has 5 rings (SSSR count). The molecule has 2 aliphatic heterocycles. The van der Waals surface area contributed by atoms with Crippen molar-refractivity contribution in [3.05, 3.63) is 54.4 Å². The lowest BCUT2D eigenvalue weighted by atomic mass is 10.1. The summed E-state index contributed by atoms with van der Waals surface area (Å²) < 4.78 is 11.5. The van der Waals surface area contributed by atoms with E-state index in [1.54, 1.807) is 18.5 Å². The first-order valence-electron chi connectivity index (χ1n) is 12.0. The summed E-state index contributed by atoms with van der Waals surface area (Å²) in [6.07, 6.45) is 7.14. The smallest absolute Gasteiger partial charge is 0.227 e. The molecule has 2 N–H and O–H groups in total. The fourth-order valence-corrected chi connectivity index (χ4v) is 4.54. The summed E-state index contributed by atoms with van der Waals surface area (Å²) in [7, 11) is 0. The van der Waals surface area contributed by atoms with Crippen LogP contribution in [-0.2, 0) is 4.74 Å². The Labute approximate surface area is 204 Å². The first kappa shape index (κ1) is 23.0. The summed E-state index contributed by atoms with van der Waals surface area (Å²) in [5.74, 6) is 1.85. The van der Waals surface area contributed by atoms with E-state index in [9.17, 15) is 10.4 Å². The number of rotatable bonds is 7. The van der Waals surface area contributed by atoms with E-state index < -0.39 is 0 Å². The van der Waals surface area contributed by atoms with Crippen LogP contribution in [0.1, 0.15) is 31.2 Å². The maximum Gasteiger partial charge on any atom is 0.227 e. The van der Waals surface area contributed by atoms with Crippen molar-refractivity contribution in [1.82, 2.24) is 15.0 Å². The van der Waals surface area contributed by atoms with Crippen LogP contribution in [0.3, 0.4) is 0 Å². The van der Waals surface area contributed by atoms with Gasteiger partial charge in [0, 0.05) is 49.1 Å². The number of aromatic nitrogens is 3. The van der Waals surface area contributed by atoms with Crippen LogP contribution in [0, 0.1) is 11.3 Å². The highest BCUT2D eigenvalue weighted by molar-refractivity contribution is 5.66. The van der Waals surface area contributed by atoms with Crippen molar-refractivity contribution in [2.24, 2.45) is 0 Å². The number of anilines is 3. The van der Waals surface area contributed by atoms with E-state index >= 15 is 0 Å². The third-order valence-corrected chi connectivity index (χ3v) is 6.40. The monoisotopic (exact) mass is 472 g/mol. The lowest BCUT2D eigenvalue weighted by Gasteiger charge is -2.24. The molecule has 1 aromatic carbocycles. The number of aliphatic hydroxyl groups is 1. The highest BCUT2D eigenvalue weighted by Crippen LogP contribution is 2.29. The molecule has 35 heavy (non-hydrogen) atoms. The molecule has 1 unspecified atom stereocenters. The largest absolute Gasteiger partial charge is 0.489 e. The molecule has 4 heterocycles. The van der Waals surface area contributed by atoms with Crippen molar-refractivity contribution in [3.63, 3.8) is 0 Å². The molecular weight excluding hydrogens is 444 g/mol.